The van der Waals surface area contributed by atoms with Crippen molar-refractivity contribution in [2.75, 3.05) is 0 Å². The van der Waals surface area contributed by atoms with E-state index >= 15 is 0 Å². The first-order valence-corrected chi connectivity index (χ1v) is 6.13. The quantitative estimate of drug-likeness (QED) is 0.906. The van der Waals surface area contributed by atoms with Crippen LogP contribution in [0, 0.1) is 13.8 Å². The van der Waals surface area contributed by atoms with Crippen molar-refractivity contribution < 1.29 is 9.90 Å². The number of aromatic nitrogens is 1. The van der Waals surface area contributed by atoms with Gasteiger partial charge in [0.05, 0.1) is 17.0 Å². The van der Waals surface area contributed by atoms with Crippen LogP contribution >= 0.6 is 11.3 Å². The minimum atomic E-state index is -0.838. The number of thiazole rings is 1. The van der Waals surface area contributed by atoms with E-state index in [1.807, 2.05) is 32.0 Å². The van der Waals surface area contributed by atoms with Crippen LogP contribution in [0.25, 0.3) is 10.4 Å². The summed E-state index contributed by atoms with van der Waals surface area (Å²) < 4.78 is 0. The maximum atomic E-state index is 10.6. The van der Waals surface area contributed by atoms with Crippen molar-refractivity contribution in [3.8, 4) is 10.4 Å². The van der Waals surface area contributed by atoms with Gasteiger partial charge < -0.3 is 5.11 Å². The van der Waals surface area contributed by atoms with Crippen LogP contribution in [0.2, 0.25) is 0 Å². The van der Waals surface area contributed by atoms with Crippen LogP contribution in [0.3, 0.4) is 0 Å². The van der Waals surface area contributed by atoms with Gasteiger partial charge in [-0.3, -0.25) is 4.79 Å². The first-order chi connectivity index (χ1) is 8.06. The average Bonchev–Trinajstić information content (AvgIpc) is 2.58. The number of benzene rings is 1. The lowest BCUT2D eigenvalue weighted by atomic mass is 10.1. The van der Waals surface area contributed by atoms with Crippen LogP contribution in [0.4, 0.5) is 0 Å². The molecule has 88 valence electrons. The zero-order valence-corrected chi connectivity index (χ0v) is 10.5. The van der Waals surface area contributed by atoms with Gasteiger partial charge in [0.1, 0.15) is 5.01 Å². The SMILES string of the molecule is Cc1cccc(-c2sc(CC(=O)O)nc2C)c1. The highest BCUT2D eigenvalue weighted by molar-refractivity contribution is 7.15. The molecule has 0 radical (unpaired) electrons. The minimum absolute atomic E-state index is 0.00266. The Morgan fingerprint density at radius 2 is 2.18 bits per heavy atom. The molecule has 1 heterocycles. The summed E-state index contributed by atoms with van der Waals surface area (Å²) in [6, 6.07) is 8.15. The highest BCUT2D eigenvalue weighted by Gasteiger charge is 2.11. The summed E-state index contributed by atoms with van der Waals surface area (Å²) in [6.07, 6.45) is -0.00266. The molecule has 0 unspecified atom stereocenters. The third-order valence-electron chi connectivity index (χ3n) is 2.42. The lowest BCUT2D eigenvalue weighted by Crippen LogP contribution is -1.98. The van der Waals surface area contributed by atoms with Crippen LogP contribution < -0.4 is 0 Å². The van der Waals surface area contributed by atoms with E-state index in [1.165, 1.54) is 16.9 Å². The highest BCUT2D eigenvalue weighted by atomic mass is 32.1. The number of aryl methyl sites for hydroxylation is 2. The molecule has 0 aliphatic rings. The largest absolute Gasteiger partial charge is 0.481 e. The van der Waals surface area contributed by atoms with Gasteiger partial charge >= 0.3 is 5.97 Å². The Labute approximate surface area is 104 Å². The average molecular weight is 247 g/mol. The van der Waals surface area contributed by atoms with E-state index < -0.39 is 5.97 Å². The smallest absolute Gasteiger partial charge is 0.310 e. The maximum Gasteiger partial charge on any atom is 0.310 e. The maximum absolute atomic E-state index is 10.6. The Morgan fingerprint density at radius 1 is 1.41 bits per heavy atom. The minimum Gasteiger partial charge on any atom is -0.481 e. The second-order valence-electron chi connectivity index (χ2n) is 3.96. The monoisotopic (exact) mass is 247 g/mol. The Morgan fingerprint density at radius 3 is 2.82 bits per heavy atom. The molecule has 17 heavy (non-hydrogen) atoms. The molecular weight excluding hydrogens is 234 g/mol. The number of hydrogen-bond acceptors (Lipinski definition) is 3. The lowest BCUT2D eigenvalue weighted by Gasteiger charge is -1.99. The van der Waals surface area contributed by atoms with Crippen molar-refractivity contribution in [3.05, 3.63) is 40.5 Å². The van der Waals surface area contributed by atoms with E-state index in [-0.39, 0.29) is 6.42 Å². The Hall–Kier alpha value is -1.68. The third-order valence-corrected chi connectivity index (χ3v) is 3.63. The molecule has 0 aliphatic carbocycles. The van der Waals surface area contributed by atoms with Crippen LogP contribution in [-0.4, -0.2) is 16.1 Å². The van der Waals surface area contributed by atoms with Gasteiger partial charge in [0, 0.05) is 0 Å². The van der Waals surface area contributed by atoms with Crippen molar-refractivity contribution in [3.63, 3.8) is 0 Å². The molecule has 0 spiro atoms. The summed E-state index contributed by atoms with van der Waals surface area (Å²) in [6.45, 7) is 3.96. The third kappa shape index (κ3) is 2.71. The molecule has 0 aliphatic heterocycles. The zero-order chi connectivity index (χ0) is 12.4. The van der Waals surface area contributed by atoms with E-state index in [1.54, 1.807) is 0 Å². The molecule has 0 saturated heterocycles. The number of rotatable bonds is 3. The number of nitrogens with zero attached hydrogens (tertiary/aromatic N) is 1. The molecule has 0 atom stereocenters. The second kappa shape index (κ2) is 4.67. The van der Waals surface area contributed by atoms with Crippen molar-refractivity contribution >= 4 is 17.3 Å². The normalized spacial score (nSPS) is 10.5. The summed E-state index contributed by atoms with van der Waals surface area (Å²) in [7, 11) is 0. The fourth-order valence-electron chi connectivity index (χ4n) is 1.71. The van der Waals surface area contributed by atoms with Gasteiger partial charge in [-0.15, -0.1) is 11.3 Å². The molecule has 0 bridgehead atoms. The second-order valence-corrected chi connectivity index (χ2v) is 5.05. The van der Waals surface area contributed by atoms with Crippen molar-refractivity contribution in [2.24, 2.45) is 0 Å². The Bertz CT molecular complexity index is 560. The Balaban J connectivity index is 2.39. The number of carboxylic acid groups (broad SMARTS) is 1. The fraction of sp³-hybridized carbons (Fsp3) is 0.231. The van der Waals surface area contributed by atoms with Gasteiger partial charge in [-0.05, 0) is 19.4 Å². The van der Waals surface area contributed by atoms with Crippen LogP contribution in [0.15, 0.2) is 24.3 Å². The molecule has 2 rings (SSSR count). The van der Waals surface area contributed by atoms with E-state index in [4.69, 9.17) is 5.11 Å². The molecule has 0 fully saturated rings. The topological polar surface area (TPSA) is 50.2 Å². The summed E-state index contributed by atoms with van der Waals surface area (Å²) in [5.74, 6) is -0.838. The summed E-state index contributed by atoms with van der Waals surface area (Å²) in [4.78, 5) is 16.0. The van der Waals surface area contributed by atoms with Crippen LogP contribution in [0.5, 0.6) is 0 Å². The number of aliphatic carboxylic acids is 1. The van der Waals surface area contributed by atoms with Crippen molar-refractivity contribution in [2.45, 2.75) is 20.3 Å². The molecule has 0 saturated carbocycles. The van der Waals surface area contributed by atoms with Crippen LogP contribution in [0.1, 0.15) is 16.3 Å². The van der Waals surface area contributed by atoms with Gasteiger partial charge in [-0.1, -0.05) is 29.8 Å². The van der Waals surface area contributed by atoms with Gasteiger partial charge in [-0.25, -0.2) is 4.98 Å². The van der Waals surface area contributed by atoms with E-state index in [2.05, 4.69) is 11.1 Å². The number of carboxylic acids is 1. The highest BCUT2D eigenvalue weighted by Crippen LogP contribution is 2.30. The first kappa shape index (κ1) is 11.8. The molecule has 1 aromatic carbocycles. The molecular formula is C13H13NO2S. The van der Waals surface area contributed by atoms with Crippen LogP contribution in [-0.2, 0) is 11.2 Å². The van der Waals surface area contributed by atoms with E-state index in [0.29, 0.717) is 5.01 Å². The predicted molar refractivity (Wildman–Crippen MR) is 68.4 cm³/mol. The summed E-state index contributed by atoms with van der Waals surface area (Å²) >= 11 is 1.46. The fourth-order valence-corrected chi connectivity index (χ4v) is 2.76. The van der Waals surface area contributed by atoms with Gasteiger partial charge in [0.25, 0.3) is 0 Å². The van der Waals surface area contributed by atoms with Crippen molar-refractivity contribution in [1.29, 1.82) is 0 Å². The molecule has 2 aromatic rings. The van der Waals surface area contributed by atoms with Gasteiger partial charge in [0.15, 0.2) is 0 Å². The van der Waals surface area contributed by atoms with Gasteiger partial charge in [0.2, 0.25) is 0 Å². The summed E-state index contributed by atoms with van der Waals surface area (Å²) in [5, 5.41) is 9.41. The molecule has 0 amide bonds. The van der Waals surface area contributed by atoms with E-state index in [9.17, 15) is 4.79 Å². The predicted octanol–water partition coefficient (Wildman–Crippen LogP) is 3.05. The number of carbonyl (C=O) groups is 1. The number of hydrogen-bond donors (Lipinski definition) is 1. The first-order valence-electron chi connectivity index (χ1n) is 5.31. The van der Waals surface area contributed by atoms with Gasteiger partial charge in [-0.2, -0.15) is 0 Å². The summed E-state index contributed by atoms with van der Waals surface area (Å²) in [5.41, 5.74) is 3.20. The lowest BCUT2D eigenvalue weighted by molar-refractivity contribution is -0.136. The molecule has 1 aromatic heterocycles. The van der Waals surface area contributed by atoms with Crippen molar-refractivity contribution in [1.82, 2.24) is 4.98 Å². The Kier molecular flexibility index (Phi) is 3.24. The molecule has 3 nitrogen and oxygen atoms in total. The zero-order valence-electron chi connectivity index (χ0n) is 9.73. The van der Waals surface area contributed by atoms with E-state index in [0.717, 1.165) is 16.1 Å². The molecule has 4 heteroatoms. The molecule has 1 N–H and O–H groups in total. The standard InChI is InChI=1S/C13H13NO2S/c1-8-4-3-5-10(6-8)13-9(2)14-11(17-13)7-12(15)16/h3-6H,7H2,1-2H3,(H,15,16).